The monoisotopic (exact) mass is 419 g/mol. The van der Waals surface area contributed by atoms with Gasteiger partial charge in [-0.15, -0.1) is 23.5 Å². The van der Waals surface area contributed by atoms with Crippen molar-refractivity contribution in [1.29, 1.82) is 0 Å². The molecule has 6 nitrogen and oxygen atoms in total. The van der Waals surface area contributed by atoms with Crippen molar-refractivity contribution < 1.29 is 23.7 Å². The topological polar surface area (TPSA) is 57.2 Å². The van der Waals surface area contributed by atoms with Crippen LogP contribution in [0.1, 0.15) is 48.0 Å². The van der Waals surface area contributed by atoms with E-state index in [1.54, 1.807) is 6.92 Å². The molecule has 1 amide bonds. The van der Waals surface area contributed by atoms with Crippen LogP contribution < -0.4 is 0 Å². The summed E-state index contributed by atoms with van der Waals surface area (Å²) in [6, 6.07) is -0.135. The van der Waals surface area contributed by atoms with Crippen LogP contribution in [-0.4, -0.2) is 76.0 Å². The Morgan fingerprint density at radius 1 is 1.04 bits per heavy atom. The Morgan fingerprint density at radius 3 is 2.19 bits per heavy atom. The Hall–Kier alpha value is 0.01000. The lowest BCUT2D eigenvalue weighted by Gasteiger charge is -2.47. The Balaban J connectivity index is 1.93. The van der Waals surface area contributed by atoms with E-state index in [9.17, 15) is 4.79 Å². The minimum atomic E-state index is -0.734. The van der Waals surface area contributed by atoms with E-state index in [1.807, 2.05) is 63.2 Å². The lowest BCUT2D eigenvalue weighted by Crippen LogP contribution is -2.59. The molecule has 0 aromatic heterocycles. The van der Waals surface area contributed by atoms with Crippen LogP contribution in [0.3, 0.4) is 0 Å². The maximum absolute atomic E-state index is 12.4. The molecule has 0 spiro atoms. The van der Waals surface area contributed by atoms with E-state index in [2.05, 4.69) is 6.92 Å². The number of hydrogen-bond donors (Lipinski definition) is 0. The van der Waals surface area contributed by atoms with Crippen LogP contribution in [0.25, 0.3) is 0 Å². The quantitative estimate of drug-likeness (QED) is 0.694. The average molecular weight is 420 g/mol. The van der Waals surface area contributed by atoms with Crippen LogP contribution in [0.15, 0.2) is 0 Å². The summed E-state index contributed by atoms with van der Waals surface area (Å²) in [5, 5.41) is 0. The van der Waals surface area contributed by atoms with Gasteiger partial charge in [-0.1, -0.05) is 0 Å². The van der Waals surface area contributed by atoms with E-state index in [4.69, 9.17) is 18.9 Å². The molecule has 8 heteroatoms. The number of carbonyl (C=O) groups is 1. The molecule has 3 saturated heterocycles. The molecule has 0 saturated carbocycles. The lowest BCUT2D eigenvalue weighted by atomic mass is 9.97. The predicted molar refractivity (Wildman–Crippen MR) is 109 cm³/mol. The number of likely N-dealkylation sites (N-methyl/N-ethyl adjacent to an activating group) is 1. The van der Waals surface area contributed by atoms with Crippen LogP contribution in [0.2, 0.25) is 0 Å². The van der Waals surface area contributed by atoms with Crippen molar-refractivity contribution in [2.45, 2.75) is 88.0 Å². The maximum Gasteiger partial charge on any atom is 0.219 e. The molecule has 4 atom stereocenters. The first-order valence-corrected chi connectivity index (χ1v) is 11.6. The fourth-order valence-electron chi connectivity index (χ4n) is 4.11. The molecule has 3 rings (SSSR count). The highest BCUT2D eigenvalue weighted by molar-refractivity contribution is 8.18. The SMILES string of the molecule is CC(=O)N(C)[C@H]([C@H]1OC(C)(C)O[C@@H]1[C@H]1COC(C)(C)O1)C1(C)SCCCS1. The summed E-state index contributed by atoms with van der Waals surface area (Å²) in [7, 11) is 1.87. The molecular formula is C19H33NO5S2. The van der Waals surface area contributed by atoms with Crippen molar-refractivity contribution in [3.8, 4) is 0 Å². The second-order valence-electron chi connectivity index (χ2n) is 8.57. The minimum absolute atomic E-state index is 0.0315. The Labute approximate surface area is 171 Å². The predicted octanol–water partition coefficient (Wildman–Crippen LogP) is 3.09. The molecule has 0 N–H and O–H groups in total. The molecule has 3 fully saturated rings. The maximum atomic E-state index is 12.4. The molecule has 0 bridgehead atoms. The third kappa shape index (κ3) is 4.61. The summed E-state index contributed by atoms with van der Waals surface area (Å²) >= 11 is 3.82. The van der Waals surface area contributed by atoms with Gasteiger partial charge in [-0.2, -0.15) is 0 Å². The average Bonchev–Trinajstić information content (AvgIpc) is 3.06. The molecule has 0 radical (unpaired) electrons. The number of rotatable bonds is 4. The Morgan fingerprint density at radius 2 is 1.67 bits per heavy atom. The molecule has 27 heavy (non-hydrogen) atoms. The zero-order valence-corrected chi connectivity index (χ0v) is 19.1. The molecule has 3 aliphatic rings. The zero-order valence-electron chi connectivity index (χ0n) is 17.4. The second kappa shape index (κ2) is 7.69. The van der Waals surface area contributed by atoms with Gasteiger partial charge in [0.25, 0.3) is 0 Å². The first-order valence-electron chi connectivity index (χ1n) is 9.63. The Kier molecular flexibility index (Phi) is 6.18. The molecule has 3 heterocycles. The van der Waals surface area contributed by atoms with E-state index in [0.29, 0.717) is 6.61 Å². The van der Waals surface area contributed by atoms with Gasteiger partial charge in [0.05, 0.1) is 16.7 Å². The highest BCUT2D eigenvalue weighted by Crippen LogP contribution is 2.50. The first kappa shape index (κ1) is 21.7. The van der Waals surface area contributed by atoms with Gasteiger partial charge in [-0.25, -0.2) is 0 Å². The minimum Gasteiger partial charge on any atom is -0.348 e. The number of carbonyl (C=O) groups excluding carboxylic acids is 1. The Bertz CT molecular complexity index is 564. The van der Waals surface area contributed by atoms with Gasteiger partial charge in [0, 0.05) is 14.0 Å². The standard InChI is InChI=1S/C19H33NO5S2/c1-12(21)20(7)16(19(6)26-9-8-10-27-19)15-14(24-18(4,5)25-15)13-11-22-17(2,3)23-13/h13-16H,8-11H2,1-7H3/t13-,14-,15+,16-/m1/s1. The zero-order chi connectivity index (χ0) is 20.0. The van der Waals surface area contributed by atoms with Crippen molar-refractivity contribution in [2.75, 3.05) is 25.2 Å². The summed E-state index contributed by atoms with van der Waals surface area (Å²) < 4.78 is 24.5. The third-order valence-electron chi connectivity index (χ3n) is 5.39. The largest absolute Gasteiger partial charge is 0.348 e. The van der Waals surface area contributed by atoms with Gasteiger partial charge in [0.15, 0.2) is 11.6 Å². The van der Waals surface area contributed by atoms with Crippen LogP contribution in [0, 0.1) is 0 Å². The van der Waals surface area contributed by atoms with Gasteiger partial charge in [-0.3, -0.25) is 4.79 Å². The van der Waals surface area contributed by atoms with Gasteiger partial charge >= 0.3 is 0 Å². The van der Waals surface area contributed by atoms with Gasteiger partial charge < -0.3 is 23.8 Å². The number of amides is 1. The summed E-state index contributed by atoms with van der Waals surface area (Å²) in [5.41, 5.74) is 0. The molecule has 0 unspecified atom stereocenters. The van der Waals surface area contributed by atoms with E-state index in [0.717, 1.165) is 11.5 Å². The summed E-state index contributed by atoms with van der Waals surface area (Å²) in [5.74, 6) is 0.837. The fraction of sp³-hybridized carbons (Fsp3) is 0.947. The van der Waals surface area contributed by atoms with Crippen LogP contribution in [-0.2, 0) is 23.7 Å². The third-order valence-corrected chi connectivity index (χ3v) is 8.71. The lowest BCUT2D eigenvalue weighted by molar-refractivity contribution is -0.175. The molecule has 0 aliphatic carbocycles. The summed E-state index contributed by atoms with van der Waals surface area (Å²) in [4.78, 5) is 14.2. The molecule has 0 aromatic carbocycles. The van der Waals surface area contributed by atoms with Crippen LogP contribution >= 0.6 is 23.5 Å². The summed E-state index contributed by atoms with van der Waals surface area (Å²) in [6.07, 6.45) is 0.372. The van der Waals surface area contributed by atoms with Crippen molar-refractivity contribution in [1.82, 2.24) is 4.90 Å². The van der Waals surface area contributed by atoms with E-state index < -0.39 is 11.6 Å². The van der Waals surface area contributed by atoms with Crippen LogP contribution in [0.5, 0.6) is 0 Å². The van der Waals surface area contributed by atoms with Crippen molar-refractivity contribution in [2.24, 2.45) is 0 Å². The van der Waals surface area contributed by atoms with E-state index >= 15 is 0 Å². The number of hydrogen-bond acceptors (Lipinski definition) is 7. The normalized spacial score (nSPS) is 35.7. The molecule has 3 aliphatic heterocycles. The smallest absolute Gasteiger partial charge is 0.219 e. The van der Waals surface area contributed by atoms with Gasteiger partial charge in [-0.05, 0) is 52.5 Å². The van der Waals surface area contributed by atoms with Gasteiger partial charge in [0.2, 0.25) is 5.91 Å². The second-order valence-corrected chi connectivity index (χ2v) is 11.9. The molecule has 156 valence electrons. The first-order chi connectivity index (χ1) is 12.4. The van der Waals surface area contributed by atoms with Crippen molar-refractivity contribution in [3.63, 3.8) is 0 Å². The van der Waals surface area contributed by atoms with Crippen molar-refractivity contribution >= 4 is 29.4 Å². The number of thioether (sulfide) groups is 2. The highest BCUT2D eigenvalue weighted by Gasteiger charge is 2.57. The number of ether oxygens (including phenoxy) is 4. The molecule has 0 aromatic rings. The molecular weight excluding hydrogens is 386 g/mol. The van der Waals surface area contributed by atoms with Crippen LogP contribution in [0.4, 0.5) is 0 Å². The van der Waals surface area contributed by atoms with E-state index in [1.165, 1.54) is 6.42 Å². The van der Waals surface area contributed by atoms with Crippen molar-refractivity contribution in [3.05, 3.63) is 0 Å². The van der Waals surface area contributed by atoms with Gasteiger partial charge in [0.1, 0.15) is 18.3 Å². The fourth-order valence-corrected chi connectivity index (χ4v) is 7.44. The number of nitrogens with zero attached hydrogens (tertiary/aromatic N) is 1. The summed E-state index contributed by atoms with van der Waals surface area (Å²) in [6.45, 7) is 12.0. The van der Waals surface area contributed by atoms with E-state index in [-0.39, 0.29) is 34.3 Å². The highest BCUT2D eigenvalue weighted by atomic mass is 32.2.